The Hall–Kier alpha value is -2.14. The Kier molecular flexibility index (Phi) is 4.71. The Labute approximate surface area is 150 Å². The number of nitrogens with zero attached hydrogens (tertiary/aromatic N) is 2. The van der Waals surface area contributed by atoms with E-state index in [-0.39, 0.29) is 11.8 Å². The fraction of sp³-hybridized carbons (Fsp3) is 0.263. The molecule has 1 aliphatic rings. The third-order valence-corrected chi connectivity index (χ3v) is 4.96. The Morgan fingerprint density at radius 1 is 1.08 bits per heavy atom. The number of hydrogen-bond acceptors (Lipinski definition) is 2. The van der Waals surface area contributed by atoms with Gasteiger partial charge in [0.05, 0.1) is 0 Å². The van der Waals surface area contributed by atoms with Gasteiger partial charge in [-0.25, -0.2) is 0 Å². The van der Waals surface area contributed by atoms with Crippen LogP contribution in [-0.4, -0.2) is 35.8 Å². The molecule has 2 aromatic rings. The summed E-state index contributed by atoms with van der Waals surface area (Å²) in [5, 5.41) is 0. The lowest BCUT2D eigenvalue weighted by Crippen LogP contribution is -2.57. The SMILES string of the molecule is Cc1ccccc1C(=O)N1CCN(c2ccc(Br)cc2)C(=O)C1C. The standard InChI is InChI=1S/C19H19BrN2O2/c1-13-5-3-4-6-17(13)19(24)21-11-12-22(18(23)14(21)2)16-9-7-15(20)8-10-16/h3-10,14H,11-12H2,1-2H3. The van der Waals surface area contributed by atoms with Gasteiger partial charge in [0.15, 0.2) is 0 Å². The van der Waals surface area contributed by atoms with Gasteiger partial charge < -0.3 is 9.80 Å². The summed E-state index contributed by atoms with van der Waals surface area (Å²) in [7, 11) is 0. The van der Waals surface area contributed by atoms with E-state index in [1.165, 1.54) is 0 Å². The van der Waals surface area contributed by atoms with Gasteiger partial charge in [0.25, 0.3) is 5.91 Å². The van der Waals surface area contributed by atoms with Crippen molar-refractivity contribution in [2.75, 3.05) is 18.0 Å². The van der Waals surface area contributed by atoms with E-state index in [1.54, 1.807) is 16.7 Å². The van der Waals surface area contributed by atoms with Crippen molar-refractivity contribution < 1.29 is 9.59 Å². The molecule has 3 rings (SSSR count). The third kappa shape index (κ3) is 3.08. The smallest absolute Gasteiger partial charge is 0.254 e. The molecule has 0 bridgehead atoms. The van der Waals surface area contributed by atoms with Crippen LogP contribution in [0.5, 0.6) is 0 Å². The molecule has 0 radical (unpaired) electrons. The first kappa shape index (κ1) is 16.7. The molecule has 5 heteroatoms. The van der Waals surface area contributed by atoms with Crippen LogP contribution in [0, 0.1) is 6.92 Å². The second-order valence-electron chi connectivity index (χ2n) is 5.96. The molecular weight excluding hydrogens is 368 g/mol. The van der Waals surface area contributed by atoms with E-state index in [1.807, 2.05) is 55.5 Å². The van der Waals surface area contributed by atoms with Gasteiger partial charge in [0, 0.05) is 28.8 Å². The highest BCUT2D eigenvalue weighted by molar-refractivity contribution is 9.10. The molecule has 0 aliphatic carbocycles. The quantitative estimate of drug-likeness (QED) is 0.790. The number of piperazine rings is 1. The van der Waals surface area contributed by atoms with Crippen LogP contribution in [0.4, 0.5) is 5.69 Å². The number of hydrogen-bond donors (Lipinski definition) is 0. The van der Waals surface area contributed by atoms with Gasteiger partial charge in [-0.1, -0.05) is 34.1 Å². The van der Waals surface area contributed by atoms with Crippen molar-refractivity contribution in [1.82, 2.24) is 4.90 Å². The maximum absolute atomic E-state index is 12.8. The largest absolute Gasteiger partial charge is 0.325 e. The van der Waals surface area contributed by atoms with Crippen LogP contribution in [-0.2, 0) is 4.79 Å². The summed E-state index contributed by atoms with van der Waals surface area (Å²) < 4.78 is 0.972. The van der Waals surface area contributed by atoms with E-state index in [9.17, 15) is 9.59 Å². The van der Waals surface area contributed by atoms with E-state index >= 15 is 0 Å². The number of benzene rings is 2. The Morgan fingerprint density at radius 2 is 1.75 bits per heavy atom. The van der Waals surface area contributed by atoms with Crippen LogP contribution in [0.25, 0.3) is 0 Å². The van der Waals surface area contributed by atoms with Crippen LogP contribution < -0.4 is 4.90 Å². The van der Waals surface area contributed by atoms with Gasteiger partial charge >= 0.3 is 0 Å². The molecule has 124 valence electrons. The molecule has 0 N–H and O–H groups in total. The summed E-state index contributed by atoms with van der Waals surface area (Å²) in [4.78, 5) is 29.0. The molecule has 2 amide bonds. The van der Waals surface area contributed by atoms with E-state index in [0.717, 1.165) is 15.7 Å². The van der Waals surface area contributed by atoms with Crippen molar-refractivity contribution >= 4 is 33.4 Å². The molecular formula is C19H19BrN2O2. The summed E-state index contributed by atoms with van der Waals surface area (Å²) >= 11 is 3.40. The highest BCUT2D eigenvalue weighted by Gasteiger charge is 2.35. The molecule has 1 fully saturated rings. The van der Waals surface area contributed by atoms with E-state index in [2.05, 4.69) is 15.9 Å². The number of carbonyl (C=O) groups excluding carboxylic acids is 2. The lowest BCUT2D eigenvalue weighted by Gasteiger charge is -2.39. The zero-order valence-corrected chi connectivity index (χ0v) is 15.3. The van der Waals surface area contributed by atoms with Crippen molar-refractivity contribution in [3.63, 3.8) is 0 Å². The minimum absolute atomic E-state index is 0.0505. The van der Waals surface area contributed by atoms with Gasteiger partial charge in [0.1, 0.15) is 6.04 Å². The Bertz CT molecular complexity index is 773. The predicted molar refractivity (Wildman–Crippen MR) is 98.2 cm³/mol. The molecule has 0 saturated carbocycles. The first-order valence-electron chi connectivity index (χ1n) is 7.92. The van der Waals surface area contributed by atoms with Gasteiger partial charge in [-0.3, -0.25) is 9.59 Å². The minimum Gasteiger partial charge on any atom is -0.325 e. The first-order chi connectivity index (χ1) is 11.5. The third-order valence-electron chi connectivity index (χ3n) is 4.43. The van der Waals surface area contributed by atoms with E-state index < -0.39 is 6.04 Å². The number of aryl methyl sites for hydroxylation is 1. The van der Waals surface area contributed by atoms with Crippen LogP contribution >= 0.6 is 15.9 Å². The van der Waals surface area contributed by atoms with Crippen LogP contribution in [0.2, 0.25) is 0 Å². The predicted octanol–water partition coefficient (Wildman–Crippen LogP) is 3.64. The zero-order valence-electron chi connectivity index (χ0n) is 13.7. The molecule has 2 aromatic carbocycles. The molecule has 0 spiro atoms. The average molecular weight is 387 g/mol. The van der Waals surface area contributed by atoms with E-state index in [4.69, 9.17) is 0 Å². The number of halogens is 1. The fourth-order valence-corrected chi connectivity index (χ4v) is 3.26. The van der Waals surface area contributed by atoms with Crippen molar-refractivity contribution in [2.24, 2.45) is 0 Å². The van der Waals surface area contributed by atoms with Gasteiger partial charge in [-0.05, 0) is 49.7 Å². The summed E-state index contributed by atoms with van der Waals surface area (Å²) in [6.45, 7) is 4.74. The highest BCUT2D eigenvalue weighted by Crippen LogP contribution is 2.24. The van der Waals surface area contributed by atoms with E-state index in [0.29, 0.717) is 18.7 Å². The molecule has 0 aromatic heterocycles. The molecule has 24 heavy (non-hydrogen) atoms. The summed E-state index contributed by atoms with van der Waals surface area (Å²) in [5.41, 5.74) is 2.45. The average Bonchev–Trinajstić information content (AvgIpc) is 2.58. The molecule has 4 nitrogen and oxygen atoms in total. The Morgan fingerprint density at radius 3 is 2.42 bits per heavy atom. The molecule has 1 aliphatic heterocycles. The summed E-state index contributed by atoms with van der Waals surface area (Å²) in [6.07, 6.45) is 0. The molecule has 1 atom stereocenters. The first-order valence-corrected chi connectivity index (χ1v) is 8.72. The summed E-state index contributed by atoms with van der Waals surface area (Å²) in [6, 6.07) is 14.7. The Balaban J connectivity index is 1.81. The second-order valence-corrected chi connectivity index (χ2v) is 6.87. The lowest BCUT2D eigenvalue weighted by molar-refractivity contribution is -0.124. The molecule has 1 unspecified atom stereocenters. The monoisotopic (exact) mass is 386 g/mol. The van der Waals surface area contributed by atoms with Gasteiger partial charge in [0.2, 0.25) is 5.91 Å². The fourth-order valence-electron chi connectivity index (χ4n) is 2.99. The van der Waals surface area contributed by atoms with Crippen LogP contribution in [0.1, 0.15) is 22.8 Å². The molecule has 1 heterocycles. The maximum atomic E-state index is 12.8. The van der Waals surface area contributed by atoms with Crippen LogP contribution in [0.15, 0.2) is 53.0 Å². The normalized spacial score (nSPS) is 18.0. The van der Waals surface area contributed by atoms with Gasteiger partial charge in [-0.15, -0.1) is 0 Å². The summed E-state index contributed by atoms with van der Waals surface area (Å²) in [5.74, 6) is -0.130. The lowest BCUT2D eigenvalue weighted by atomic mass is 10.0. The highest BCUT2D eigenvalue weighted by atomic mass is 79.9. The number of rotatable bonds is 2. The van der Waals surface area contributed by atoms with Gasteiger partial charge in [-0.2, -0.15) is 0 Å². The topological polar surface area (TPSA) is 40.6 Å². The molecule has 1 saturated heterocycles. The second kappa shape index (κ2) is 6.77. The maximum Gasteiger partial charge on any atom is 0.254 e. The number of anilines is 1. The van der Waals surface area contributed by atoms with Crippen molar-refractivity contribution in [3.8, 4) is 0 Å². The van der Waals surface area contributed by atoms with Crippen molar-refractivity contribution in [1.29, 1.82) is 0 Å². The number of amides is 2. The van der Waals surface area contributed by atoms with Crippen LogP contribution in [0.3, 0.4) is 0 Å². The minimum atomic E-state index is -0.477. The van der Waals surface area contributed by atoms with Crippen molar-refractivity contribution in [3.05, 3.63) is 64.1 Å². The number of carbonyl (C=O) groups is 2. The zero-order chi connectivity index (χ0) is 17.3. The van der Waals surface area contributed by atoms with Crippen molar-refractivity contribution in [2.45, 2.75) is 19.9 Å².